The highest BCUT2D eigenvalue weighted by Crippen LogP contribution is 2.16. The van der Waals surface area contributed by atoms with Crippen LogP contribution in [0, 0.1) is 6.92 Å². The molecule has 0 bridgehead atoms. The number of aromatic nitrogens is 4. The second-order valence-electron chi connectivity index (χ2n) is 5.76. The molecule has 2 aromatic heterocycles. The molecule has 0 aliphatic carbocycles. The second kappa shape index (κ2) is 5.00. The monoisotopic (exact) mass is 281 g/mol. The van der Waals surface area contributed by atoms with Gasteiger partial charge in [0.15, 0.2) is 0 Å². The van der Waals surface area contributed by atoms with Crippen molar-refractivity contribution in [2.45, 2.75) is 38.9 Å². The van der Waals surface area contributed by atoms with Gasteiger partial charge in [-0.25, -0.2) is 9.67 Å². The third-order valence-electron chi connectivity index (χ3n) is 4.13. The average molecular weight is 281 g/mol. The largest absolute Gasteiger partial charge is 0.357 e. The first-order valence-electron chi connectivity index (χ1n) is 7.48. The van der Waals surface area contributed by atoms with Gasteiger partial charge in [0, 0.05) is 30.2 Å². The van der Waals surface area contributed by atoms with Crippen LogP contribution in [-0.4, -0.2) is 25.8 Å². The number of benzene rings is 1. The van der Waals surface area contributed by atoms with Crippen molar-refractivity contribution >= 4 is 10.9 Å². The van der Waals surface area contributed by atoms with Gasteiger partial charge in [0.2, 0.25) is 0 Å². The van der Waals surface area contributed by atoms with Crippen molar-refractivity contribution < 1.29 is 0 Å². The highest BCUT2D eigenvalue weighted by Gasteiger charge is 2.20. The Morgan fingerprint density at radius 2 is 2.29 bits per heavy atom. The van der Waals surface area contributed by atoms with Crippen LogP contribution in [0.1, 0.15) is 23.8 Å². The van der Waals surface area contributed by atoms with Crippen molar-refractivity contribution in [1.29, 1.82) is 0 Å². The highest BCUT2D eigenvalue weighted by atomic mass is 15.4. The summed E-state index contributed by atoms with van der Waals surface area (Å²) in [5.41, 5.74) is 2.43. The Kier molecular flexibility index (Phi) is 3.00. The lowest BCUT2D eigenvalue weighted by Gasteiger charge is -2.23. The molecule has 0 fully saturated rings. The third-order valence-corrected chi connectivity index (χ3v) is 4.13. The summed E-state index contributed by atoms with van der Waals surface area (Å²) >= 11 is 0. The van der Waals surface area contributed by atoms with Gasteiger partial charge in [-0.05, 0) is 30.9 Å². The summed E-state index contributed by atoms with van der Waals surface area (Å²) < 4.78 is 2.04. The number of aryl methyl sites for hydroxylation is 2. The first-order valence-corrected chi connectivity index (χ1v) is 7.48. The van der Waals surface area contributed by atoms with Crippen LogP contribution < -0.4 is 5.32 Å². The number of rotatable bonds is 3. The van der Waals surface area contributed by atoms with E-state index in [9.17, 15) is 0 Å². The van der Waals surface area contributed by atoms with Gasteiger partial charge in [0.1, 0.15) is 11.6 Å². The minimum atomic E-state index is 0.463. The molecule has 1 aliphatic heterocycles. The molecule has 4 rings (SSSR count). The maximum absolute atomic E-state index is 4.45. The molecule has 108 valence electrons. The fourth-order valence-corrected chi connectivity index (χ4v) is 3.08. The lowest BCUT2D eigenvalue weighted by Crippen LogP contribution is -2.37. The van der Waals surface area contributed by atoms with Crippen molar-refractivity contribution in [2.75, 3.05) is 0 Å². The Labute approximate surface area is 123 Å². The number of hydrogen-bond acceptors (Lipinski definition) is 3. The number of H-pyrrole nitrogens is 1. The highest BCUT2D eigenvalue weighted by molar-refractivity contribution is 5.80. The van der Waals surface area contributed by atoms with E-state index in [0.29, 0.717) is 6.04 Å². The van der Waals surface area contributed by atoms with E-state index in [0.717, 1.165) is 37.6 Å². The van der Waals surface area contributed by atoms with Gasteiger partial charge in [-0.2, -0.15) is 5.10 Å². The molecular formula is C16H19N5. The van der Waals surface area contributed by atoms with Gasteiger partial charge < -0.3 is 10.3 Å². The molecule has 1 atom stereocenters. The van der Waals surface area contributed by atoms with Gasteiger partial charge in [-0.1, -0.05) is 18.2 Å². The summed E-state index contributed by atoms with van der Waals surface area (Å²) in [5, 5.41) is 9.35. The first-order chi connectivity index (χ1) is 10.3. The van der Waals surface area contributed by atoms with Crippen LogP contribution in [0.5, 0.6) is 0 Å². The maximum Gasteiger partial charge on any atom is 0.147 e. The van der Waals surface area contributed by atoms with Crippen LogP contribution in [0.4, 0.5) is 0 Å². The van der Waals surface area contributed by atoms with Crippen molar-refractivity contribution in [1.82, 2.24) is 25.1 Å². The summed E-state index contributed by atoms with van der Waals surface area (Å²) in [6, 6.07) is 11.1. The molecule has 1 aliphatic rings. The average Bonchev–Trinajstić information content (AvgIpc) is 3.06. The number of nitrogens with zero attached hydrogens (tertiary/aromatic N) is 3. The quantitative estimate of drug-likeness (QED) is 0.773. The van der Waals surface area contributed by atoms with E-state index < -0.39 is 0 Å². The van der Waals surface area contributed by atoms with Crippen LogP contribution in [0.2, 0.25) is 0 Å². The van der Waals surface area contributed by atoms with Crippen LogP contribution >= 0.6 is 0 Å². The van der Waals surface area contributed by atoms with E-state index in [-0.39, 0.29) is 0 Å². The number of hydrogen-bond donors (Lipinski definition) is 2. The summed E-state index contributed by atoms with van der Waals surface area (Å²) in [6.07, 6.45) is 2.13. The van der Waals surface area contributed by atoms with Gasteiger partial charge in [0.05, 0.1) is 6.54 Å². The summed E-state index contributed by atoms with van der Waals surface area (Å²) in [5.74, 6) is 2.00. The molecular weight excluding hydrogens is 262 g/mol. The number of fused-ring (bicyclic) bond motifs is 2. The second-order valence-corrected chi connectivity index (χ2v) is 5.76. The van der Waals surface area contributed by atoms with Gasteiger partial charge >= 0.3 is 0 Å². The van der Waals surface area contributed by atoms with E-state index in [4.69, 9.17) is 0 Å². The molecule has 0 saturated heterocycles. The zero-order chi connectivity index (χ0) is 14.2. The fourth-order valence-electron chi connectivity index (χ4n) is 3.08. The first kappa shape index (κ1) is 12.6. The Morgan fingerprint density at radius 1 is 1.38 bits per heavy atom. The SMILES string of the molecule is Cc1nc2n(n1)C[C@@H](NCc1cc3ccccc3[nH]1)CC2. The van der Waals surface area contributed by atoms with E-state index in [1.54, 1.807) is 0 Å². The minimum Gasteiger partial charge on any atom is -0.357 e. The molecule has 1 aromatic carbocycles. The molecule has 0 unspecified atom stereocenters. The van der Waals surface area contributed by atoms with E-state index >= 15 is 0 Å². The van der Waals surface area contributed by atoms with Crippen LogP contribution in [0.3, 0.4) is 0 Å². The molecule has 3 aromatic rings. The number of aromatic amines is 1. The van der Waals surface area contributed by atoms with Gasteiger partial charge in [0.25, 0.3) is 0 Å². The predicted octanol–water partition coefficient (Wildman–Crippen LogP) is 2.17. The molecule has 0 radical (unpaired) electrons. The third kappa shape index (κ3) is 2.45. The van der Waals surface area contributed by atoms with Gasteiger partial charge in [-0.3, -0.25) is 0 Å². The summed E-state index contributed by atoms with van der Waals surface area (Å²) in [6.45, 7) is 3.73. The molecule has 0 saturated carbocycles. The lowest BCUT2D eigenvalue weighted by molar-refractivity contribution is 0.356. The molecule has 0 amide bonds. The molecule has 0 spiro atoms. The van der Waals surface area contributed by atoms with Gasteiger partial charge in [-0.15, -0.1) is 0 Å². The topological polar surface area (TPSA) is 58.5 Å². The number of para-hydroxylation sites is 1. The molecule has 5 nitrogen and oxygen atoms in total. The van der Waals surface area contributed by atoms with Crippen molar-refractivity contribution in [3.05, 3.63) is 47.7 Å². The van der Waals surface area contributed by atoms with Crippen LogP contribution in [-0.2, 0) is 19.5 Å². The van der Waals surface area contributed by atoms with E-state index in [1.165, 1.54) is 16.6 Å². The molecule has 5 heteroatoms. The Bertz CT molecular complexity index is 737. The zero-order valence-corrected chi connectivity index (χ0v) is 12.1. The molecule has 2 N–H and O–H groups in total. The Balaban J connectivity index is 1.43. The van der Waals surface area contributed by atoms with Crippen molar-refractivity contribution in [2.24, 2.45) is 0 Å². The zero-order valence-electron chi connectivity index (χ0n) is 12.1. The smallest absolute Gasteiger partial charge is 0.147 e. The molecule has 3 heterocycles. The summed E-state index contributed by atoms with van der Waals surface area (Å²) in [4.78, 5) is 7.91. The summed E-state index contributed by atoms with van der Waals surface area (Å²) in [7, 11) is 0. The van der Waals surface area contributed by atoms with Crippen LogP contribution in [0.25, 0.3) is 10.9 Å². The predicted molar refractivity (Wildman–Crippen MR) is 82.0 cm³/mol. The van der Waals surface area contributed by atoms with Crippen molar-refractivity contribution in [3.63, 3.8) is 0 Å². The number of nitrogens with one attached hydrogen (secondary N) is 2. The lowest BCUT2D eigenvalue weighted by atomic mass is 10.1. The minimum absolute atomic E-state index is 0.463. The Hall–Kier alpha value is -2.14. The van der Waals surface area contributed by atoms with E-state index in [1.807, 2.05) is 11.6 Å². The van der Waals surface area contributed by atoms with E-state index in [2.05, 4.69) is 50.7 Å². The van der Waals surface area contributed by atoms with Crippen LogP contribution in [0.15, 0.2) is 30.3 Å². The molecule has 21 heavy (non-hydrogen) atoms. The van der Waals surface area contributed by atoms with Crippen molar-refractivity contribution in [3.8, 4) is 0 Å². The standard InChI is InChI=1S/C16H19N5/c1-11-18-16-7-6-13(10-21(16)20-11)17-9-14-8-12-4-2-3-5-15(12)19-14/h2-5,8,13,17,19H,6-7,9-10H2,1H3/t13-/m0/s1. The normalized spacial score (nSPS) is 18.0. The maximum atomic E-state index is 4.45. The fraction of sp³-hybridized carbons (Fsp3) is 0.375. The Morgan fingerprint density at radius 3 is 3.19 bits per heavy atom.